The molecule has 0 radical (unpaired) electrons. The zero-order chi connectivity index (χ0) is 17.2. The minimum absolute atomic E-state index is 0.0938. The van der Waals surface area contributed by atoms with Crippen molar-refractivity contribution in [3.63, 3.8) is 0 Å². The molecule has 4 heteroatoms. The fourth-order valence-corrected chi connectivity index (χ4v) is 3.29. The first-order valence-corrected chi connectivity index (χ1v) is 8.39. The molecule has 2 aliphatic rings. The summed E-state index contributed by atoms with van der Waals surface area (Å²) in [5.41, 5.74) is 4.32. The van der Waals surface area contributed by atoms with Crippen molar-refractivity contribution in [2.45, 2.75) is 19.3 Å². The lowest BCUT2D eigenvalue weighted by molar-refractivity contribution is -0.116. The fraction of sp³-hybridized carbons (Fsp3) is 0.143. The summed E-state index contributed by atoms with van der Waals surface area (Å²) in [6.07, 6.45) is 2.01. The van der Waals surface area contributed by atoms with Crippen molar-refractivity contribution in [3.8, 4) is 0 Å². The Labute approximate surface area is 145 Å². The van der Waals surface area contributed by atoms with E-state index in [2.05, 4.69) is 28.8 Å². The Kier molecular flexibility index (Phi) is 3.94. The van der Waals surface area contributed by atoms with E-state index in [0.717, 1.165) is 28.7 Å². The largest absolute Gasteiger partial charge is 0.326 e. The van der Waals surface area contributed by atoms with E-state index in [-0.39, 0.29) is 11.8 Å². The third-order valence-corrected chi connectivity index (χ3v) is 4.54. The molecule has 2 amide bonds. The molecular weight excluding hydrogens is 312 g/mol. The van der Waals surface area contributed by atoms with E-state index in [4.69, 9.17) is 0 Å². The Bertz CT molecular complexity index is 979. The van der Waals surface area contributed by atoms with Crippen molar-refractivity contribution in [1.29, 1.82) is 0 Å². The van der Waals surface area contributed by atoms with Gasteiger partial charge in [0.15, 0.2) is 0 Å². The van der Waals surface area contributed by atoms with Crippen LogP contribution in [0.5, 0.6) is 0 Å². The second kappa shape index (κ2) is 6.40. The average Bonchev–Trinajstić information content (AvgIpc) is 3.03. The van der Waals surface area contributed by atoms with E-state index < -0.39 is 0 Å². The summed E-state index contributed by atoms with van der Waals surface area (Å²) in [5.74, 6) is 0.222. The van der Waals surface area contributed by atoms with Crippen molar-refractivity contribution < 1.29 is 9.59 Å². The number of anilines is 2. The number of carbonyl (C=O) groups is 2. The molecule has 124 valence electrons. The van der Waals surface area contributed by atoms with Crippen molar-refractivity contribution in [1.82, 2.24) is 0 Å². The Morgan fingerprint density at radius 2 is 1.48 bits per heavy atom. The molecule has 0 unspecified atom stereocenters. The molecule has 0 fully saturated rings. The van der Waals surface area contributed by atoms with Crippen LogP contribution < -0.4 is 10.6 Å². The monoisotopic (exact) mass is 330 g/mol. The van der Waals surface area contributed by atoms with Crippen LogP contribution in [0.4, 0.5) is 11.4 Å². The lowest BCUT2D eigenvalue weighted by Crippen LogP contribution is -2.18. The predicted octanol–water partition coefficient (Wildman–Crippen LogP) is 3.91. The number of benzene rings is 3. The number of nitrogens with one attached hydrogen (secondary N) is 2. The van der Waals surface area contributed by atoms with Gasteiger partial charge in [-0.15, -0.1) is 0 Å². The first-order valence-electron chi connectivity index (χ1n) is 8.39. The number of hydrogen-bond donors (Lipinski definition) is 2. The van der Waals surface area contributed by atoms with Crippen molar-refractivity contribution >= 4 is 34.0 Å². The highest BCUT2D eigenvalue weighted by Crippen LogP contribution is 2.31. The van der Waals surface area contributed by atoms with Crippen LogP contribution >= 0.6 is 0 Å². The Balaban J connectivity index is 0.000000129. The maximum atomic E-state index is 11.2. The van der Waals surface area contributed by atoms with Gasteiger partial charge in [-0.2, -0.15) is 0 Å². The number of aryl methyl sites for hydroxylation is 1. The van der Waals surface area contributed by atoms with Gasteiger partial charge in [0.05, 0.1) is 12.1 Å². The van der Waals surface area contributed by atoms with Crippen LogP contribution in [0.3, 0.4) is 0 Å². The summed E-state index contributed by atoms with van der Waals surface area (Å²) >= 11 is 0. The standard InChI is InChI=1S/C12H9NO.C9H9NO/c14-11-7-9-6-5-8-3-1-2-4-10(8)12(9)13-11;11-9-6-5-7-3-1-2-4-8(7)10-9/h1-6H,7H2,(H,13,14);1-4H,5-6H2,(H,10,11). The molecule has 0 atom stereocenters. The van der Waals surface area contributed by atoms with E-state index in [9.17, 15) is 9.59 Å². The molecule has 4 nitrogen and oxygen atoms in total. The fourth-order valence-electron chi connectivity index (χ4n) is 3.29. The molecule has 2 heterocycles. The Morgan fingerprint density at radius 3 is 2.40 bits per heavy atom. The van der Waals surface area contributed by atoms with Crippen molar-refractivity contribution in [3.05, 3.63) is 71.8 Å². The summed E-state index contributed by atoms with van der Waals surface area (Å²) < 4.78 is 0. The molecule has 0 saturated heterocycles. The summed E-state index contributed by atoms with van der Waals surface area (Å²) in [6.45, 7) is 0. The SMILES string of the molecule is O=C1CCc2ccccc2N1.O=C1Cc2ccc3ccccc3c2N1. The Morgan fingerprint density at radius 1 is 0.680 bits per heavy atom. The molecule has 2 aliphatic heterocycles. The Hall–Kier alpha value is -3.14. The smallest absolute Gasteiger partial charge is 0.228 e. The maximum Gasteiger partial charge on any atom is 0.228 e. The van der Waals surface area contributed by atoms with Gasteiger partial charge in [-0.1, -0.05) is 54.6 Å². The van der Waals surface area contributed by atoms with E-state index in [1.807, 2.05) is 42.5 Å². The van der Waals surface area contributed by atoms with E-state index in [0.29, 0.717) is 12.8 Å². The van der Waals surface area contributed by atoms with Gasteiger partial charge in [0, 0.05) is 17.5 Å². The second-order valence-electron chi connectivity index (χ2n) is 6.25. The summed E-state index contributed by atoms with van der Waals surface area (Å²) in [5, 5.41) is 8.03. The molecule has 0 aliphatic carbocycles. The predicted molar refractivity (Wildman–Crippen MR) is 99.7 cm³/mol. The molecule has 0 bridgehead atoms. The zero-order valence-corrected chi connectivity index (χ0v) is 13.7. The lowest BCUT2D eigenvalue weighted by atomic mass is 10.0. The highest BCUT2D eigenvalue weighted by atomic mass is 16.2. The van der Waals surface area contributed by atoms with E-state index in [1.54, 1.807) is 0 Å². The van der Waals surface area contributed by atoms with Crippen LogP contribution in [-0.2, 0) is 22.4 Å². The number of para-hydroxylation sites is 1. The minimum Gasteiger partial charge on any atom is -0.326 e. The molecule has 3 aromatic carbocycles. The van der Waals surface area contributed by atoms with Crippen LogP contribution in [0.2, 0.25) is 0 Å². The molecule has 0 spiro atoms. The molecule has 2 N–H and O–H groups in total. The van der Waals surface area contributed by atoms with Gasteiger partial charge in [-0.3, -0.25) is 9.59 Å². The van der Waals surface area contributed by atoms with Crippen LogP contribution in [0.25, 0.3) is 10.8 Å². The second-order valence-corrected chi connectivity index (χ2v) is 6.25. The van der Waals surface area contributed by atoms with Crippen LogP contribution in [0.15, 0.2) is 60.7 Å². The van der Waals surface area contributed by atoms with Crippen LogP contribution in [0.1, 0.15) is 17.5 Å². The minimum atomic E-state index is 0.0938. The number of hydrogen-bond acceptors (Lipinski definition) is 2. The first-order chi connectivity index (χ1) is 12.2. The average molecular weight is 330 g/mol. The third kappa shape index (κ3) is 3.11. The number of carbonyl (C=O) groups excluding carboxylic acids is 2. The topological polar surface area (TPSA) is 58.2 Å². The normalized spacial score (nSPS) is 14.7. The van der Waals surface area contributed by atoms with E-state index in [1.165, 1.54) is 10.9 Å². The molecule has 0 saturated carbocycles. The number of rotatable bonds is 0. The van der Waals surface area contributed by atoms with Gasteiger partial charge in [0.2, 0.25) is 11.8 Å². The highest BCUT2D eigenvalue weighted by molar-refractivity contribution is 6.09. The van der Waals surface area contributed by atoms with Gasteiger partial charge in [-0.25, -0.2) is 0 Å². The summed E-state index contributed by atoms with van der Waals surface area (Å²) in [4.78, 5) is 22.1. The van der Waals surface area contributed by atoms with Crippen LogP contribution in [0, 0.1) is 0 Å². The quantitative estimate of drug-likeness (QED) is 0.657. The van der Waals surface area contributed by atoms with Gasteiger partial charge in [-0.05, 0) is 29.0 Å². The molecule has 25 heavy (non-hydrogen) atoms. The van der Waals surface area contributed by atoms with Gasteiger partial charge < -0.3 is 10.6 Å². The van der Waals surface area contributed by atoms with Gasteiger partial charge >= 0.3 is 0 Å². The third-order valence-electron chi connectivity index (χ3n) is 4.54. The summed E-state index contributed by atoms with van der Waals surface area (Å²) in [6, 6.07) is 20.1. The molecule has 3 aromatic rings. The lowest BCUT2D eigenvalue weighted by Gasteiger charge is -2.15. The van der Waals surface area contributed by atoms with Crippen molar-refractivity contribution in [2.75, 3.05) is 10.6 Å². The zero-order valence-electron chi connectivity index (χ0n) is 13.7. The molecule has 0 aromatic heterocycles. The van der Waals surface area contributed by atoms with Gasteiger partial charge in [0.1, 0.15) is 0 Å². The maximum absolute atomic E-state index is 11.2. The molecule has 5 rings (SSSR count). The molecular formula is C21H18N2O2. The number of fused-ring (bicyclic) bond motifs is 4. The van der Waals surface area contributed by atoms with Crippen molar-refractivity contribution in [2.24, 2.45) is 0 Å². The van der Waals surface area contributed by atoms with Gasteiger partial charge in [0.25, 0.3) is 0 Å². The first kappa shape index (κ1) is 15.4. The van der Waals surface area contributed by atoms with E-state index >= 15 is 0 Å². The highest BCUT2D eigenvalue weighted by Gasteiger charge is 2.19. The number of amides is 2. The summed E-state index contributed by atoms with van der Waals surface area (Å²) in [7, 11) is 0. The van der Waals surface area contributed by atoms with Crippen LogP contribution in [-0.4, -0.2) is 11.8 Å².